The number of nitrogens with zero attached hydrogens (tertiary/aromatic N) is 1. The van der Waals surface area contributed by atoms with Crippen LogP contribution in [0.4, 0.5) is 0 Å². The van der Waals surface area contributed by atoms with Crippen molar-refractivity contribution in [3.8, 4) is 0 Å². The van der Waals surface area contributed by atoms with Crippen LogP contribution in [0, 0.1) is 0 Å². The molecule has 1 atom stereocenters. The molecule has 0 bridgehead atoms. The predicted octanol–water partition coefficient (Wildman–Crippen LogP) is 2.00. The Bertz CT molecular complexity index is 358. The fourth-order valence-electron chi connectivity index (χ4n) is 1.27. The number of methoxy groups -OCH3 is 1. The van der Waals surface area contributed by atoms with Crippen molar-refractivity contribution < 1.29 is 9.53 Å². The number of aromatic nitrogens is 1. The molecule has 0 radical (unpaired) electrons. The summed E-state index contributed by atoms with van der Waals surface area (Å²) in [6.07, 6.45) is 4.02. The van der Waals surface area contributed by atoms with E-state index in [-0.39, 0.29) is 11.9 Å². The van der Waals surface area contributed by atoms with Gasteiger partial charge in [0, 0.05) is 24.0 Å². The Morgan fingerprint density at radius 2 is 2.38 bits per heavy atom. The van der Waals surface area contributed by atoms with E-state index >= 15 is 0 Å². The highest BCUT2D eigenvalue weighted by Crippen LogP contribution is 2.09. The number of nitrogens with one attached hydrogen (secondary N) is 1. The molecule has 1 aromatic heterocycles. The average molecular weight is 287 g/mol. The van der Waals surface area contributed by atoms with E-state index in [2.05, 4.69) is 26.2 Å². The van der Waals surface area contributed by atoms with Gasteiger partial charge in [0.2, 0.25) is 0 Å². The van der Waals surface area contributed by atoms with E-state index in [1.165, 1.54) is 0 Å². The Kier molecular flexibility index (Phi) is 5.42. The maximum atomic E-state index is 11.8. The summed E-state index contributed by atoms with van der Waals surface area (Å²) in [5.41, 5.74) is 0.545. The molecule has 0 aliphatic rings. The maximum absolute atomic E-state index is 11.8. The fourth-order valence-corrected chi connectivity index (χ4v) is 1.63. The van der Waals surface area contributed by atoms with Crippen molar-refractivity contribution in [1.82, 2.24) is 10.3 Å². The summed E-state index contributed by atoms with van der Waals surface area (Å²) in [6.45, 7) is 2.52. The highest BCUT2D eigenvalue weighted by Gasteiger charge is 2.12. The minimum Gasteiger partial charge on any atom is -0.383 e. The molecule has 0 saturated carbocycles. The summed E-state index contributed by atoms with van der Waals surface area (Å²) < 4.78 is 5.81. The second kappa shape index (κ2) is 6.60. The highest BCUT2D eigenvalue weighted by molar-refractivity contribution is 9.10. The molecule has 1 rings (SSSR count). The maximum Gasteiger partial charge on any atom is 0.253 e. The predicted molar refractivity (Wildman–Crippen MR) is 65.4 cm³/mol. The standard InChI is InChI=1S/C11H15BrN2O2/c1-3-10(7-16-2)14-11(15)8-4-9(12)6-13-5-8/h4-6,10H,3,7H2,1-2H3,(H,14,15). The lowest BCUT2D eigenvalue weighted by Gasteiger charge is -2.15. The SMILES string of the molecule is CCC(COC)NC(=O)c1cncc(Br)c1. The van der Waals surface area contributed by atoms with Gasteiger partial charge in [-0.05, 0) is 28.4 Å². The third-order valence-corrected chi connectivity index (χ3v) is 2.60. The number of carbonyl (C=O) groups is 1. The molecule has 88 valence electrons. The average Bonchev–Trinajstić information content (AvgIpc) is 2.28. The van der Waals surface area contributed by atoms with Crippen LogP contribution in [0.3, 0.4) is 0 Å². The second-order valence-corrected chi connectivity index (χ2v) is 4.34. The molecular formula is C11H15BrN2O2. The van der Waals surface area contributed by atoms with Crippen molar-refractivity contribution >= 4 is 21.8 Å². The van der Waals surface area contributed by atoms with Crippen LogP contribution in [0.2, 0.25) is 0 Å². The Balaban J connectivity index is 2.64. The second-order valence-electron chi connectivity index (χ2n) is 3.43. The highest BCUT2D eigenvalue weighted by atomic mass is 79.9. The smallest absolute Gasteiger partial charge is 0.253 e. The number of halogens is 1. The molecule has 1 unspecified atom stereocenters. The lowest BCUT2D eigenvalue weighted by Crippen LogP contribution is -2.37. The van der Waals surface area contributed by atoms with Crippen LogP contribution in [0.15, 0.2) is 22.9 Å². The summed E-state index contributed by atoms with van der Waals surface area (Å²) in [5, 5.41) is 2.89. The van der Waals surface area contributed by atoms with Crippen molar-refractivity contribution in [2.24, 2.45) is 0 Å². The molecule has 0 saturated heterocycles. The first-order valence-corrected chi connectivity index (χ1v) is 5.87. The zero-order chi connectivity index (χ0) is 12.0. The van der Waals surface area contributed by atoms with Crippen molar-refractivity contribution in [3.63, 3.8) is 0 Å². The number of carbonyl (C=O) groups excluding carboxylic acids is 1. The van der Waals surface area contributed by atoms with Crippen molar-refractivity contribution in [3.05, 3.63) is 28.5 Å². The van der Waals surface area contributed by atoms with E-state index in [4.69, 9.17) is 4.74 Å². The summed E-state index contributed by atoms with van der Waals surface area (Å²) in [6, 6.07) is 1.78. The largest absolute Gasteiger partial charge is 0.383 e. The molecule has 5 heteroatoms. The molecule has 0 aromatic carbocycles. The molecule has 16 heavy (non-hydrogen) atoms. The van der Waals surface area contributed by atoms with Gasteiger partial charge < -0.3 is 10.1 Å². The van der Waals surface area contributed by atoms with Gasteiger partial charge in [0.25, 0.3) is 5.91 Å². The first-order valence-electron chi connectivity index (χ1n) is 5.07. The van der Waals surface area contributed by atoms with Gasteiger partial charge in [0.05, 0.1) is 18.2 Å². The van der Waals surface area contributed by atoms with Gasteiger partial charge in [0.15, 0.2) is 0 Å². The van der Waals surface area contributed by atoms with Gasteiger partial charge in [-0.15, -0.1) is 0 Å². The van der Waals surface area contributed by atoms with Gasteiger partial charge >= 0.3 is 0 Å². The number of hydrogen-bond donors (Lipinski definition) is 1. The van der Waals surface area contributed by atoms with E-state index in [9.17, 15) is 4.79 Å². The first kappa shape index (κ1) is 13.1. The van der Waals surface area contributed by atoms with Crippen molar-refractivity contribution in [1.29, 1.82) is 0 Å². The van der Waals surface area contributed by atoms with Crippen LogP contribution in [-0.2, 0) is 4.74 Å². The topological polar surface area (TPSA) is 51.2 Å². The van der Waals surface area contributed by atoms with Crippen LogP contribution in [0.25, 0.3) is 0 Å². The summed E-state index contributed by atoms with van der Waals surface area (Å²) in [5.74, 6) is -0.127. The van der Waals surface area contributed by atoms with Gasteiger partial charge in [0.1, 0.15) is 0 Å². The van der Waals surface area contributed by atoms with Crippen LogP contribution in [0.5, 0.6) is 0 Å². The van der Waals surface area contributed by atoms with E-state index < -0.39 is 0 Å². The van der Waals surface area contributed by atoms with Crippen LogP contribution >= 0.6 is 15.9 Å². The van der Waals surface area contributed by atoms with Gasteiger partial charge in [-0.2, -0.15) is 0 Å². The fraction of sp³-hybridized carbons (Fsp3) is 0.455. The lowest BCUT2D eigenvalue weighted by molar-refractivity contribution is 0.0894. The number of rotatable bonds is 5. The van der Waals surface area contributed by atoms with E-state index in [1.807, 2.05) is 6.92 Å². The summed E-state index contributed by atoms with van der Waals surface area (Å²) >= 11 is 3.28. The molecule has 0 aliphatic heterocycles. The van der Waals surface area contributed by atoms with E-state index in [0.29, 0.717) is 12.2 Å². The molecule has 1 amide bonds. The molecule has 0 aliphatic carbocycles. The van der Waals surface area contributed by atoms with Crippen molar-refractivity contribution in [2.45, 2.75) is 19.4 Å². The Hall–Kier alpha value is -0.940. The van der Waals surface area contributed by atoms with Crippen LogP contribution < -0.4 is 5.32 Å². The molecule has 1 N–H and O–H groups in total. The summed E-state index contributed by atoms with van der Waals surface area (Å²) in [7, 11) is 1.62. The minimum absolute atomic E-state index is 0.0384. The Labute approximate surface area is 104 Å². The van der Waals surface area contributed by atoms with Crippen molar-refractivity contribution in [2.75, 3.05) is 13.7 Å². The third kappa shape index (κ3) is 3.90. The lowest BCUT2D eigenvalue weighted by atomic mass is 10.2. The molecule has 4 nitrogen and oxygen atoms in total. The van der Waals surface area contributed by atoms with Crippen LogP contribution in [0.1, 0.15) is 23.7 Å². The molecule has 1 heterocycles. The molecule has 0 fully saturated rings. The van der Waals surface area contributed by atoms with E-state index in [1.54, 1.807) is 25.6 Å². The normalized spacial score (nSPS) is 12.2. The van der Waals surface area contributed by atoms with Crippen LogP contribution in [-0.4, -0.2) is 30.6 Å². The van der Waals surface area contributed by atoms with E-state index in [0.717, 1.165) is 10.9 Å². The van der Waals surface area contributed by atoms with Gasteiger partial charge in [-0.1, -0.05) is 6.92 Å². The van der Waals surface area contributed by atoms with Gasteiger partial charge in [-0.3, -0.25) is 9.78 Å². The number of amides is 1. The Morgan fingerprint density at radius 1 is 1.62 bits per heavy atom. The summed E-state index contributed by atoms with van der Waals surface area (Å²) in [4.78, 5) is 15.8. The number of pyridine rings is 1. The molecular weight excluding hydrogens is 272 g/mol. The minimum atomic E-state index is -0.127. The van der Waals surface area contributed by atoms with Gasteiger partial charge in [-0.25, -0.2) is 0 Å². The first-order chi connectivity index (χ1) is 7.67. The third-order valence-electron chi connectivity index (χ3n) is 2.16. The number of ether oxygens (including phenoxy) is 1. The zero-order valence-corrected chi connectivity index (χ0v) is 11.0. The Morgan fingerprint density at radius 3 is 2.94 bits per heavy atom. The monoisotopic (exact) mass is 286 g/mol. The quantitative estimate of drug-likeness (QED) is 0.901. The zero-order valence-electron chi connectivity index (χ0n) is 9.37. The molecule has 1 aromatic rings. The number of hydrogen-bond acceptors (Lipinski definition) is 3. The molecule has 0 spiro atoms.